The average molecular weight is 214 g/mol. The van der Waals surface area contributed by atoms with E-state index in [-0.39, 0.29) is 12.2 Å². The molecule has 0 unspecified atom stereocenters. The van der Waals surface area contributed by atoms with Gasteiger partial charge in [0.25, 0.3) is 0 Å². The van der Waals surface area contributed by atoms with E-state index in [1.54, 1.807) is 6.92 Å². The quantitative estimate of drug-likeness (QED) is 0.400. The Labute approximate surface area is 89.9 Å². The van der Waals surface area contributed by atoms with Crippen LogP contribution in [0, 0.1) is 0 Å². The largest absolute Gasteiger partial charge is 0.478 e. The van der Waals surface area contributed by atoms with Gasteiger partial charge in [0.15, 0.2) is 0 Å². The Hall–Kier alpha value is -1.32. The minimum Gasteiger partial charge on any atom is -0.478 e. The van der Waals surface area contributed by atoms with E-state index in [0.717, 1.165) is 25.3 Å². The highest BCUT2D eigenvalue weighted by Crippen LogP contribution is 2.10. The van der Waals surface area contributed by atoms with Crippen molar-refractivity contribution in [2.45, 2.75) is 39.5 Å². The SMILES string of the molecule is CCCCC/C(=C/C(=O)O)C(=O)OCC. The van der Waals surface area contributed by atoms with Crippen molar-refractivity contribution in [3.8, 4) is 0 Å². The van der Waals surface area contributed by atoms with E-state index in [1.165, 1.54) is 0 Å². The van der Waals surface area contributed by atoms with Crippen LogP contribution in [0.3, 0.4) is 0 Å². The molecule has 0 rings (SSSR count). The maximum atomic E-state index is 11.3. The molecule has 0 atom stereocenters. The summed E-state index contributed by atoms with van der Waals surface area (Å²) >= 11 is 0. The summed E-state index contributed by atoms with van der Waals surface area (Å²) in [5.41, 5.74) is 0.248. The average Bonchev–Trinajstić information content (AvgIpc) is 2.16. The van der Waals surface area contributed by atoms with Gasteiger partial charge in [-0.05, 0) is 19.8 Å². The van der Waals surface area contributed by atoms with Gasteiger partial charge in [-0.15, -0.1) is 0 Å². The van der Waals surface area contributed by atoms with Crippen molar-refractivity contribution in [1.29, 1.82) is 0 Å². The highest BCUT2D eigenvalue weighted by molar-refractivity contribution is 5.95. The highest BCUT2D eigenvalue weighted by atomic mass is 16.5. The van der Waals surface area contributed by atoms with Crippen LogP contribution in [0.5, 0.6) is 0 Å². The number of ether oxygens (including phenoxy) is 1. The zero-order valence-corrected chi connectivity index (χ0v) is 9.28. The lowest BCUT2D eigenvalue weighted by Crippen LogP contribution is -2.09. The predicted molar refractivity (Wildman–Crippen MR) is 56.5 cm³/mol. The second-order valence-electron chi connectivity index (χ2n) is 3.19. The molecule has 0 saturated carbocycles. The number of hydrogen-bond acceptors (Lipinski definition) is 3. The molecule has 0 saturated heterocycles. The number of carbonyl (C=O) groups is 2. The zero-order chi connectivity index (χ0) is 11.7. The Morgan fingerprint density at radius 2 is 1.93 bits per heavy atom. The fraction of sp³-hybridized carbons (Fsp3) is 0.636. The normalized spacial score (nSPS) is 11.2. The molecule has 0 heterocycles. The van der Waals surface area contributed by atoms with Crippen LogP contribution in [-0.2, 0) is 14.3 Å². The van der Waals surface area contributed by atoms with Crippen molar-refractivity contribution in [3.63, 3.8) is 0 Å². The predicted octanol–water partition coefficient (Wildman–Crippen LogP) is 2.14. The van der Waals surface area contributed by atoms with E-state index in [4.69, 9.17) is 9.84 Å². The summed E-state index contributed by atoms with van der Waals surface area (Å²) in [6.45, 7) is 4.01. The van der Waals surface area contributed by atoms with E-state index < -0.39 is 11.9 Å². The van der Waals surface area contributed by atoms with Gasteiger partial charge in [0.2, 0.25) is 0 Å². The molecule has 0 aliphatic heterocycles. The van der Waals surface area contributed by atoms with Crippen molar-refractivity contribution in [3.05, 3.63) is 11.6 Å². The number of carboxylic acid groups (broad SMARTS) is 1. The second kappa shape index (κ2) is 8.03. The molecule has 0 aromatic heterocycles. The second-order valence-corrected chi connectivity index (χ2v) is 3.19. The smallest absolute Gasteiger partial charge is 0.334 e. The van der Waals surface area contributed by atoms with E-state index in [2.05, 4.69) is 0 Å². The summed E-state index contributed by atoms with van der Waals surface area (Å²) in [6, 6.07) is 0. The highest BCUT2D eigenvalue weighted by Gasteiger charge is 2.11. The van der Waals surface area contributed by atoms with Gasteiger partial charge in [-0.3, -0.25) is 0 Å². The first-order valence-corrected chi connectivity index (χ1v) is 5.22. The summed E-state index contributed by atoms with van der Waals surface area (Å²) in [5.74, 6) is -1.62. The Morgan fingerprint density at radius 3 is 2.40 bits per heavy atom. The van der Waals surface area contributed by atoms with Gasteiger partial charge < -0.3 is 9.84 Å². The molecule has 15 heavy (non-hydrogen) atoms. The van der Waals surface area contributed by atoms with Crippen LogP contribution >= 0.6 is 0 Å². The van der Waals surface area contributed by atoms with E-state index >= 15 is 0 Å². The number of hydrogen-bond donors (Lipinski definition) is 1. The van der Waals surface area contributed by atoms with Crippen molar-refractivity contribution < 1.29 is 19.4 Å². The van der Waals surface area contributed by atoms with E-state index in [1.807, 2.05) is 6.92 Å². The van der Waals surface area contributed by atoms with Crippen molar-refractivity contribution >= 4 is 11.9 Å². The molecule has 0 spiro atoms. The molecule has 0 aromatic carbocycles. The molecular weight excluding hydrogens is 196 g/mol. The molecule has 0 aliphatic carbocycles. The molecule has 4 heteroatoms. The lowest BCUT2D eigenvalue weighted by Gasteiger charge is -2.05. The molecule has 0 amide bonds. The summed E-state index contributed by atoms with van der Waals surface area (Å²) < 4.78 is 4.77. The number of unbranched alkanes of at least 4 members (excludes halogenated alkanes) is 2. The minimum atomic E-state index is -1.10. The number of carbonyl (C=O) groups excluding carboxylic acids is 1. The molecule has 0 aromatic rings. The first-order valence-electron chi connectivity index (χ1n) is 5.22. The Balaban J connectivity index is 4.31. The van der Waals surface area contributed by atoms with Crippen LogP contribution in [0.1, 0.15) is 39.5 Å². The standard InChI is InChI=1S/C11H18O4/c1-3-5-6-7-9(8-10(12)13)11(14)15-4-2/h8H,3-7H2,1-2H3,(H,12,13)/b9-8-. The van der Waals surface area contributed by atoms with E-state index in [0.29, 0.717) is 6.42 Å². The van der Waals surface area contributed by atoms with Crippen LogP contribution in [0.15, 0.2) is 11.6 Å². The first kappa shape index (κ1) is 13.7. The third-order valence-corrected chi connectivity index (χ3v) is 1.88. The molecule has 0 radical (unpaired) electrons. The third-order valence-electron chi connectivity index (χ3n) is 1.88. The minimum absolute atomic E-state index is 0.248. The van der Waals surface area contributed by atoms with Gasteiger partial charge in [0, 0.05) is 11.6 Å². The molecule has 1 N–H and O–H groups in total. The fourth-order valence-corrected chi connectivity index (χ4v) is 1.17. The molecule has 0 bridgehead atoms. The maximum absolute atomic E-state index is 11.3. The van der Waals surface area contributed by atoms with Gasteiger partial charge >= 0.3 is 11.9 Å². The van der Waals surface area contributed by atoms with Crippen molar-refractivity contribution in [2.24, 2.45) is 0 Å². The van der Waals surface area contributed by atoms with Crippen LogP contribution in [0.25, 0.3) is 0 Å². The van der Waals surface area contributed by atoms with Crippen LogP contribution < -0.4 is 0 Å². The Kier molecular flexibility index (Phi) is 7.32. The van der Waals surface area contributed by atoms with Gasteiger partial charge in [-0.1, -0.05) is 19.8 Å². The number of carboxylic acids is 1. The summed E-state index contributed by atoms with van der Waals surface area (Å²) in [5, 5.41) is 8.57. The summed E-state index contributed by atoms with van der Waals surface area (Å²) in [7, 11) is 0. The van der Waals surface area contributed by atoms with Gasteiger partial charge in [0.05, 0.1) is 6.61 Å². The molecular formula is C11H18O4. The number of aliphatic carboxylic acids is 1. The zero-order valence-electron chi connectivity index (χ0n) is 9.28. The van der Waals surface area contributed by atoms with Crippen LogP contribution in [0.2, 0.25) is 0 Å². The third kappa shape index (κ3) is 6.71. The molecule has 0 aliphatic rings. The van der Waals surface area contributed by atoms with Crippen molar-refractivity contribution in [2.75, 3.05) is 6.61 Å². The fourth-order valence-electron chi connectivity index (χ4n) is 1.17. The number of rotatable bonds is 7. The molecule has 0 fully saturated rings. The Bertz CT molecular complexity index is 243. The van der Waals surface area contributed by atoms with Gasteiger partial charge in [-0.2, -0.15) is 0 Å². The van der Waals surface area contributed by atoms with Gasteiger partial charge in [-0.25, -0.2) is 9.59 Å². The lowest BCUT2D eigenvalue weighted by molar-refractivity contribution is -0.139. The van der Waals surface area contributed by atoms with Gasteiger partial charge in [0.1, 0.15) is 0 Å². The first-order chi connectivity index (χ1) is 7.11. The van der Waals surface area contributed by atoms with Crippen molar-refractivity contribution in [1.82, 2.24) is 0 Å². The maximum Gasteiger partial charge on any atom is 0.334 e. The Morgan fingerprint density at radius 1 is 1.27 bits per heavy atom. The summed E-state index contributed by atoms with van der Waals surface area (Å²) in [6.07, 6.45) is 4.24. The molecule has 4 nitrogen and oxygen atoms in total. The van der Waals surface area contributed by atoms with Crippen LogP contribution in [0.4, 0.5) is 0 Å². The van der Waals surface area contributed by atoms with E-state index in [9.17, 15) is 9.59 Å². The monoisotopic (exact) mass is 214 g/mol. The topological polar surface area (TPSA) is 63.6 Å². The molecule has 86 valence electrons. The van der Waals surface area contributed by atoms with Crippen LogP contribution in [-0.4, -0.2) is 23.7 Å². The summed E-state index contributed by atoms with van der Waals surface area (Å²) in [4.78, 5) is 21.8. The number of esters is 1. The lowest BCUT2D eigenvalue weighted by atomic mass is 10.1.